The van der Waals surface area contributed by atoms with E-state index >= 15 is 0 Å². The smallest absolute Gasteiger partial charge is 0.224 e. The molecule has 2 aromatic rings. The van der Waals surface area contributed by atoms with Crippen LogP contribution in [0.2, 0.25) is 5.02 Å². The summed E-state index contributed by atoms with van der Waals surface area (Å²) in [4.78, 5) is 8.45. The molecule has 0 aliphatic heterocycles. The fraction of sp³-hybridized carbons (Fsp3) is 0.214. The van der Waals surface area contributed by atoms with Gasteiger partial charge >= 0.3 is 0 Å². The fourth-order valence-corrected chi connectivity index (χ4v) is 1.78. The Morgan fingerprint density at radius 1 is 1.35 bits per heavy atom. The van der Waals surface area contributed by atoms with Crippen molar-refractivity contribution in [3.8, 4) is 6.07 Å². The summed E-state index contributed by atoms with van der Waals surface area (Å²) in [5.74, 6) is 1.16. The first-order chi connectivity index (χ1) is 9.72. The molecule has 1 heterocycles. The van der Waals surface area contributed by atoms with E-state index in [1.54, 1.807) is 30.5 Å². The normalized spacial score (nSPS) is 9.85. The summed E-state index contributed by atoms with van der Waals surface area (Å²) in [5, 5.41) is 15.8. The van der Waals surface area contributed by atoms with Gasteiger partial charge in [-0.25, -0.2) is 4.98 Å². The molecule has 0 atom stereocenters. The Bertz CT molecular complexity index is 636. The van der Waals surface area contributed by atoms with Gasteiger partial charge in [-0.2, -0.15) is 10.2 Å². The number of nitrogens with one attached hydrogen (secondary N) is 2. The maximum Gasteiger partial charge on any atom is 0.224 e. The van der Waals surface area contributed by atoms with Crippen LogP contribution in [0.5, 0.6) is 0 Å². The largest absolute Gasteiger partial charge is 0.354 e. The van der Waals surface area contributed by atoms with Crippen molar-refractivity contribution in [3.05, 3.63) is 41.0 Å². The average Bonchev–Trinajstić information content (AvgIpc) is 2.46. The first kappa shape index (κ1) is 14.1. The van der Waals surface area contributed by atoms with Crippen LogP contribution in [0.3, 0.4) is 0 Å². The van der Waals surface area contributed by atoms with Crippen LogP contribution < -0.4 is 10.6 Å². The van der Waals surface area contributed by atoms with E-state index in [0.717, 1.165) is 13.0 Å². The van der Waals surface area contributed by atoms with Crippen LogP contribution >= 0.6 is 11.6 Å². The molecule has 0 amide bonds. The van der Waals surface area contributed by atoms with Crippen LogP contribution in [-0.4, -0.2) is 16.5 Å². The van der Waals surface area contributed by atoms with Gasteiger partial charge in [0, 0.05) is 17.8 Å². The van der Waals surface area contributed by atoms with Crippen molar-refractivity contribution in [1.82, 2.24) is 9.97 Å². The lowest BCUT2D eigenvalue weighted by atomic mass is 10.2. The molecule has 0 bridgehead atoms. The summed E-state index contributed by atoms with van der Waals surface area (Å²) >= 11 is 5.95. The first-order valence-corrected chi connectivity index (χ1v) is 6.64. The zero-order chi connectivity index (χ0) is 14.4. The van der Waals surface area contributed by atoms with Gasteiger partial charge < -0.3 is 10.6 Å². The van der Waals surface area contributed by atoms with Crippen LogP contribution in [0.15, 0.2) is 30.5 Å². The van der Waals surface area contributed by atoms with E-state index < -0.39 is 0 Å². The van der Waals surface area contributed by atoms with Gasteiger partial charge in [0.05, 0.1) is 11.3 Å². The number of anilines is 3. The van der Waals surface area contributed by atoms with Gasteiger partial charge in [0.1, 0.15) is 11.9 Å². The number of aromatic nitrogens is 2. The van der Waals surface area contributed by atoms with Crippen molar-refractivity contribution in [2.75, 3.05) is 17.2 Å². The number of hydrogen-bond donors (Lipinski definition) is 2. The average molecular weight is 288 g/mol. The lowest BCUT2D eigenvalue weighted by molar-refractivity contribution is 0.953. The zero-order valence-electron chi connectivity index (χ0n) is 11.0. The van der Waals surface area contributed by atoms with Crippen molar-refractivity contribution >= 4 is 29.1 Å². The Morgan fingerprint density at radius 2 is 2.20 bits per heavy atom. The second-order valence-corrected chi connectivity index (χ2v) is 4.56. The monoisotopic (exact) mass is 287 g/mol. The number of halogens is 1. The third-order valence-electron chi connectivity index (χ3n) is 2.55. The van der Waals surface area contributed by atoms with Gasteiger partial charge in [-0.3, -0.25) is 0 Å². The maximum atomic E-state index is 9.08. The second-order valence-electron chi connectivity index (χ2n) is 4.12. The van der Waals surface area contributed by atoms with E-state index in [9.17, 15) is 0 Å². The van der Waals surface area contributed by atoms with E-state index in [2.05, 4.69) is 33.6 Å². The van der Waals surface area contributed by atoms with Crippen LogP contribution in [-0.2, 0) is 0 Å². The summed E-state index contributed by atoms with van der Waals surface area (Å²) < 4.78 is 0. The molecule has 0 aliphatic rings. The van der Waals surface area contributed by atoms with E-state index in [0.29, 0.717) is 28.0 Å². The van der Waals surface area contributed by atoms with Gasteiger partial charge in [0.25, 0.3) is 0 Å². The summed E-state index contributed by atoms with van der Waals surface area (Å²) in [5.41, 5.74) is 1.14. The number of benzene rings is 1. The lowest BCUT2D eigenvalue weighted by Gasteiger charge is -2.09. The number of nitriles is 1. The van der Waals surface area contributed by atoms with Gasteiger partial charge in [0.15, 0.2) is 0 Å². The third kappa shape index (κ3) is 3.59. The highest BCUT2D eigenvalue weighted by atomic mass is 35.5. The third-order valence-corrected chi connectivity index (χ3v) is 2.79. The molecular formula is C14H14ClN5. The minimum atomic E-state index is 0.510. The minimum absolute atomic E-state index is 0.510. The molecule has 0 aliphatic carbocycles. The van der Waals surface area contributed by atoms with Gasteiger partial charge in [-0.05, 0) is 30.7 Å². The molecule has 5 nitrogen and oxygen atoms in total. The molecule has 1 aromatic carbocycles. The standard InChI is InChI=1S/C14H14ClN5/c1-2-6-17-14-18-7-5-13(20-14)19-12-8-11(15)4-3-10(12)9-16/h3-5,7-8H,2,6H2,1H3,(H2,17,18,19,20). The topological polar surface area (TPSA) is 73.6 Å². The predicted octanol–water partition coefficient (Wildman–Crippen LogP) is 3.57. The van der Waals surface area contributed by atoms with Crippen LogP contribution in [0, 0.1) is 11.3 Å². The highest BCUT2D eigenvalue weighted by Gasteiger charge is 2.05. The van der Waals surface area contributed by atoms with Gasteiger partial charge in [0.2, 0.25) is 5.95 Å². The SMILES string of the molecule is CCCNc1nccc(Nc2cc(Cl)ccc2C#N)n1. The van der Waals surface area contributed by atoms with Gasteiger partial charge in [-0.15, -0.1) is 0 Å². The molecule has 2 rings (SSSR count). The highest BCUT2D eigenvalue weighted by molar-refractivity contribution is 6.30. The summed E-state index contributed by atoms with van der Waals surface area (Å²) in [6.45, 7) is 2.88. The first-order valence-electron chi connectivity index (χ1n) is 6.26. The fourth-order valence-electron chi connectivity index (χ4n) is 1.61. The van der Waals surface area contributed by atoms with Crippen molar-refractivity contribution in [2.45, 2.75) is 13.3 Å². The Hall–Kier alpha value is -2.32. The van der Waals surface area contributed by atoms with Crippen molar-refractivity contribution in [2.24, 2.45) is 0 Å². The quantitative estimate of drug-likeness (QED) is 0.879. The molecule has 0 spiro atoms. The summed E-state index contributed by atoms with van der Waals surface area (Å²) in [6, 6.07) is 8.89. The highest BCUT2D eigenvalue weighted by Crippen LogP contribution is 2.23. The molecule has 0 saturated carbocycles. The van der Waals surface area contributed by atoms with E-state index in [1.807, 2.05) is 0 Å². The Morgan fingerprint density at radius 3 is 2.95 bits per heavy atom. The molecule has 102 valence electrons. The lowest BCUT2D eigenvalue weighted by Crippen LogP contribution is -2.05. The van der Waals surface area contributed by atoms with E-state index in [4.69, 9.17) is 16.9 Å². The molecule has 2 N–H and O–H groups in total. The predicted molar refractivity (Wildman–Crippen MR) is 80.3 cm³/mol. The summed E-state index contributed by atoms with van der Waals surface area (Å²) in [6.07, 6.45) is 2.65. The van der Waals surface area contributed by atoms with Crippen molar-refractivity contribution < 1.29 is 0 Å². The number of rotatable bonds is 5. The molecule has 0 saturated heterocycles. The number of hydrogen-bond acceptors (Lipinski definition) is 5. The van der Waals surface area contributed by atoms with Crippen LogP contribution in [0.25, 0.3) is 0 Å². The molecule has 1 aromatic heterocycles. The Labute approximate surface area is 122 Å². The molecule has 0 radical (unpaired) electrons. The number of nitrogens with zero attached hydrogens (tertiary/aromatic N) is 3. The van der Waals surface area contributed by atoms with Gasteiger partial charge in [-0.1, -0.05) is 18.5 Å². The van der Waals surface area contributed by atoms with Crippen molar-refractivity contribution in [1.29, 1.82) is 5.26 Å². The van der Waals surface area contributed by atoms with Crippen LogP contribution in [0.4, 0.5) is 17.5 Å². The van der Waals surface area contributed by atoms with Crippen molar-refractivity contribution in [3.63, 3.8) is 0 Å². The van der Waals surface area contributed by atoms with E-state index in [1.165, 1.54) is 0 Å². The maximum absolute atomic E-state index is 9.08. The molecule has 0 unspecified atom stereocenters. The van der Waals surface area contributed by atoms with Crippen LogP contribution in [0.1, 0.15) is 18.9 Å². The molecule has 20 heavy (non-hydrogen) atoms. The Balaban J connectivity index is 2.22. The molecular weight excluding hydrogens is 274 g/mol. The Kier molecular flexibility index (Phi) is 4.75. The van der Waals surface area contributed by atoms with E-state index in [-0.39, 0.29) is 0 Å². The summed E-state index contributed by atoms with van der Waals surface area (Å²) in [7, 11) is 0. The second kappa shape index (κ2) is 6.73. The molecule has 0 fully saturated rings. The minimum Gasteiger partial charge on any atom is -0.354 e. The zero-order valence-corrected chi connectivity index (χ0v) is 11.8. The molecule has 6 heteroatoms.